The number of anilines is 1. The molecular formula is C23H14Cl2N2O4. The first-order valence-corrected chi connectivity index (χ1v) is 10.1. The van der Waals surface area contributed by atoms with Gasteiger partial charge in [-0.3, -0.25) is 14.5 Å². The van der Waals surface area contributed by atoms with E-state index in [0.717, 1.165) is 0 Å². The number of hydrogen-bond donors (Lipinski definition) is 0. The summed E-state index contributed by atoms with van der Waals surface area (Å²) in [5, 5.41) is 1.14. The largest absolute Gasteiger partial charge is 0.497 e. The van der Waals surface area contributed by atoms with Crippen LogP contribution in [0.15, 0.2) is 70.0 Å². The molecule has 154 valence electrons. The molecule has 4 aromatic rings. The number of aromatic nitrogens is 1. The Morgan fingerprint density at radius 2 is 1.84 bits per heavy atom. The van der Waals surface area contributed by atoms with E-state index in [9.17, 15) is 9.59 Å². The summed E-state index contributed by atoms with van der Waals surface area (Å²) in [6, 6.07) is 14.4. The molecule has 0 aliphatic carbocycles. The van der Waals surface area contributed by atoms with E-state index in [4.69, 9.17) is 32.4 Å². The van der Waals surface area contributed by atoms with Crippen LogP contribution in [0.25, 0.3) is 11.0 Å². The molecule has 1 aliphatic heterocycles. The number of carbonyl (C=O) groups is 1. The Labute approximate surface area is 186 Å². The maximum absolute atomic E-state index is 13.5. The Hall–Kier alpha value is -3.35. The van der Waals surface area contributed by atoms with Crippen LogP contribution in [0.3, 0.4) is 0 Å². The lowest BCUT2D eigenvalue weighted by Crippen LogP contribution is -2.30. The molecule has 0 saturated heterocycles. The number of pyridine rings is 1. The van der Waals surface area contributed by atoms with Crippen molar-refractivity contribution in [2.24, 2.45) is 0 Å². The topological polar surface area (TPSA) is 72.6 Å². The fourth-order valence-electron chi connectivity index (χ4n) is 3.82. The van der Waals surface area contributed by atoms with Crippen molar-refractivity contribution in [2.75, 3.05) is 12.0 Å². The number of methoxy groups -OCH3 is 1. The lowest BCUT2D eigenvalue weighted by atomic mass is 9.98. The number of nitrogens with zero attached hydrogens (tertiary/aromatic N) is 2. The number of ether oxygens (including phenoxy) is 1. The van der Waals surface area contributed by atoms with Gasteiger partial charge in [0.15, 0.2) is 5.43 Å². The minimum absolute atomic E-state index is 0.0237. The van der Waals surface area contributed by atoms with E-state index in [1.807, 2.05) is 6.07 Å². The van der Waals surface area contributed by atoms with Gasteiger partial charge >= 0.3 is 0 Å². The summed E-state index contributed by atoms with van der Waals surface area (Å²) < 4.78 is 11.2. The Bertz CT molecular complexity index is 1400. The van der Waals surface area contributed by atoms with Crippen molar-refractivity contribution < 1.29 is 13.9 Å². The van der Waals surface area contributed by atoms with E-state index in [1.54, 1.807) is 55.6 Å². The van der Waals surface area contributed by atoms with Crippen LogP contribution in [-0.4, -0.2) is 18.0 Å². The Balaban J connectivity index is 1.82. The molecule has 5 rings (SSSR count). The molecule has 6 nitrogen and oxygen atoms in total. The molecule has 2 aromatic carbocycles. The maximum Gasteiger partial charge on any atom is 0.296 e. The lowest BCUT2D eigenvalue weighted by Gasteiger charge is -2.24. The molecule has 1 aliphatic rings. The van der Waals surface area contributed by atoms with Crippen LogP contribution < -0.4 is 15.1 Å². The Kier molecular flexibility index (Phi) is 4.68. The molecule has 2 aromatic heterocycles. The fraction of sp³-hybridized carbons (Fsp3) is 0.0870. The zero-order chi connectivity index (χ0) is 21.7. The maximum atomic E-state index is 13.5. The summed E-state index contributed by atoms with van der Waals surface area (Å²) in [5.41, 5.74) is 0.870. The van der Waals surface area contributed by atoms with Gasteiger partial charge in [0, 0.05) is 11.2 Å². The molecule has 3 heterocycles. The molecule has 1 unspecified atom stereocenters. The molecule has 0 radical (unpaired) electrons. The van der Waals surface area contributed by atoms with Gasteiger partial charge in [-0.15, -0.1) is 0 Å². The first-order valence-electron chi connectivity index (χ1n) is 9.33. The van der Waals surface area contributed by atoms with Crippen LogP contribution in [0, 0.1) is 0 Å². The van der Waals surface area contributed by atoms with Crippen LogP contribution in [-0.2, 0) is 0 Å². The molecule has 0 saturated carbocycles. The zero-order valence-electron chi connectivity index (χ0n) is 16.1. The van der Waals surface area contributed by atoms with Gasteiger partial charge in [0.2, 0.25) is 5.76 Å². The average Bonchev–Trinajstić information content (AvgIpc) is 3.07. The molecule has 0 fully saturated rings. The molecular weight excluding hydrogens is 439 g/mol. The second kappa shape index (κ2) is 7.41. The van der Waals surface area contributed by atoms with E-state index in [-0.39, 0.29) is 22.3 Å². The highest BCUT2D eigenvalue weighted by molar-refractivity contribution is 6.31. The number of amides is 1. The van der Waals surface area contributed by atoms with Gasteiger partial charge in [0.05, 0.1) is 29.1 Å². The Morgan fingerprint density at radius 3 is 2.58 bits per heavy atom. The molecule has 1 amide bonds. The van der Waals surface area contributed by atoms with Crippen molar-refractivity contribution in [3.63, 3.8) is 0 Å². The molecule has 31 heavy (non-hydrogen) atoms. The van der Waals surface area contributed by atoms with Gasteiger partial charge in [-0.05, 0) is 48.0 Å². The molecule has 0 N–H and O–H groups in total. The highest BCUT2D eigenvalue weighted by Crippen LogP contribution is 2.41. The second-order valence-electron chi connectivity index (χ2n) is 7.00. The minimum atomic E-state index is -0.758. The normalized spacial score (nSPS) is 15.4. The minimum Gasteiger partial charge on any atom is -0.497 e. The van der Waals surface area contributed by atoms with Gasteiger partial charge in [0.25, 0.3) is 5.91 Å². The summed E-state index contributed by atoms with van der Waals surface area (Å²) in [6.45, 7) is 0. The molecule has 8 heteroatoms. The Morgan fingerprint density at radius 1 is 1.03 bits per heavy atom. The number of rotatable bonds is 3. The van der Waals surface area contributed by atoms with Gasteiger partial charge in [0.1, 0.15) is 17.2 Å². The number of halogens is 2. The van der Waals surface area contributed by atoms with Crippen molar-refractivity contribution in [3.05, 3.63) is 97.9 Å². The summed E-state index contributed by atoms with van der Waals surface area (Å²) >= 11 is 12.1. The van der Waals surface area contributed by atoms with E-state index in [1.165, 1.54) is 11.1 Å². The summed E-state index contributed by atoms with van der Waals surface area (Å²) in [4.78, 5) is 32.7. The quantitative estimate of drug-likeness (QED) is 0.424. The van der Waals surface area contributed by atoms with Crippen molar-refractivity contribution >= 4 is 45.9 Å². The predicted molar refractivity (Wildman–Crippen MR) is 118 cm³/mol. The smallest absolute Gasteiger partial charge is 0.296 e. The number of carbonyl (C=O) groups excluding carboxylic acids is 1. The summed E-state index contributed by atoms with van der Waals surface area (Å²) in [6.07, 6.45) is 1.45. The van der Waals surface area contributed by atoms with Crippen LogP contribution in [0.2, 0.25) is 10.0 Å². The second-order valence-corrected chi connectivity index (χ2v) is 7.88. The third-order valence-electron chi connectivity index (χ3n) is 5.20. The van der Waals surface area contributed by atoms with E-state index in [0.29, 0.717) is 32.6 Å². The first-order chi connectivity index (χ1) is 15.0. The van der Waals surface area contributed by atoms with Crippen molar-refractivity contribution in [2.45, 2.75) is 6.04 Å². The first kappa shape index (κ1) is 19.6. The lowest BCUT2D eigenvalue weighted by molar-refractivity contribution is 0.0970. The van der Waals surface area contributed by atoms with E-state index in [2.05, 4.69) is 4.98 Å². The highest BCUT2D eigenvalue weighted by atomic mass is 35.5. The molecule has 0 bridgehead atoms. The van der Waals surface area contributed by atoms with Crippen LogP contribution in [0.1, 0.15) is 27.7 Å². The zero-order valence-corrected chi connectivity index (χ0v) is 17.6. The third kappa shape index (κ3) is 3.15. The number of hydrogen-bond acceptors (Lipinski definition) is 5. The summed E-state index contributed by atoms with van der Waals surface area (Å²) in [7, 11) is 1.55. The van der Waals surface area contributed by atoms with Gasteiger partial charge in [-0.25, -0.2) is 4.98 Å². The van der Waals surface area contributed by atoms with E-state index < -0.39 is 11.9 Å². The van der Waals surface area contributed by atoms with Gasteiger partial charge < -0.3 is 9.15 Å². The monoisotopic (exact) mass is 452 g/mol. The van der Waals surface area contributed by atoms with Crippen molar-refractivity contribution in [3.8, 4) is 5.75 Å². The highest BCUT2D eigenvalue weighted by Gasteiger charge is 2.44. The molecule has 1 atom stereocenters. The standard InChI is InChI=1S/C23H14Cl2N2O4/c1-30-15-4-2-3-12(9-15)20-19-21(28)16-10-13(24)5-7-17(16)31-22(19)23(29)27(20)18-8-6-14(25)11-26-18/h2-11,20H,1H3. The van der Waals surface area contributed by atoms with Crippen LogP contribution >= 0.6 is 23.2 Å². The van der Waals surface area contributed by atoms with Crippen LogP contribution in [0.4, 0.5) is 5.82 Å². The van der Waals surface area contributed by atoms with Crippen LogP contribution in [0.5, 0.6) is 5.75 Å². The van der Waals surface area contributed by atoms with E-state index >= 15 is 0 Å². The fourth-order valence-corrected chi connectivity index (χ4v) is 4.10. The number of benzene rings is 2. The third-order valence-corrected chi connectivity index (χ3v) is 5.66. The van der Waals surface area contributed by atoms with Gasteiger partial charge in [-0.2, -0.15) is 0 Å². The summed E-state index contributed by atoms with van der Waals surface area (Å²) in [5.74, 6) is 0.446. The number of fused-ring (bicyclic) bond motifs is 2. The SMILES string of the molecule is COc1cccc(C2c3c(oc4ccc(Cl)cc4c3=O)C(=O)N2c2ccc(Cl)cn2)c1. The average molecular weight is 453 g/mol. The van der Waals surface area contributed by atoms with Crippen molar-refractivity contribution in [1.82, 2.24) is 4.98 Å². The van der Waals surface area contributed by atoms with Gasteiger partial charge in [-0.1, -0.05) is 35.3 Å². The predicted octanol–water partition coefficient (Wildman–Crippen LogP) is 5.25. The molecule has 0 spiro atoms. The van der Waals surface area contributed by atoms with Crippen molar-refractivity contribution in [1.29, 1.82) is 0 Å².